The third kappa shape index (κ3) is 2.27. The van der Waals surface area contributed by atoms with Gasteiger partial charge in [-0.25, -0.2) is 0 Å². The van der Waals surface area contributed by atoms with E-state index in [9.17, 15) is 0 Å². The van der Waals surface area contributed by atoms with Gasteiger partial charge in [0.25, 0.3) is 0 Å². The molecule has 2 heterocycles. The molecule has 0 N–H and O–H groups in total. The van der Waals surface area contributed by atoms with Crippen molar-refractivity contribution in [1.82, 2.24) is 4.57 Å². The SMILES string of the molecule is c1ccc2c(c1)Cc1cc(-n3c4ccccc4c4ccccc43)ccc1S2. The first-order valence-corrected chi connectivity index (χ1v) is 10.1. The van der Waals surface area contributed by atoms with Gasteiger partial charge < -0.3 is 4.57 Å². The van der Waals surface area contributed by atoms with E-state index in [0.717, 1.165) is 6.42 Å². The maximum absolute atomic E-state index is 2.40. The minimum absolute atomic E-state index is 1.00. The van der Waals surface area contributed by atoms with Crippen LogP contribution in [0, 0.1) is 0 Å². The van der Waals surface area contributed by atoms with Gasteiger partial charge in [0.1, 0.15) is 0 Å². The zero-order chi connectivity index (χ0) is 17.8. The lowest BCUT2D eigenvalue weighted by atomic mass is 10.0. The van der Waals surface area contributed by atoms with Crippen LogP contribution in [-0.4, -0.2) is 4.57 Å². The molecule has 0 aliphatic carbocycles. The third-order valence-electron chi connectivity index (χ3n) is 5.46. The Balaban J connectivity index is 1.59. The first-order chi connectivity index (χ1) is 13.4. The van der Waals surface area contributed by atoms with Crippen LogP contribution in [0.1, 0.15) is 11.1 Å². The molecule has 1 aromatic heterocycles. The summed E-state index contributed by atoms with van der Waals surface area (Å²) in [5.74, 6) is 0. The van der Waals surface area contributed by atoms with Crippen molar-refractivity contribution in [3.05, 3.63) is 102 Å². The van der Waals surface area contributed by atoms with Gasteiger partial charge in [-0.2, -0.15) is 0 Å². The molecule has 0 fully saturated rings. The summed E-state index contributed by atoms with van der Waals surface area (Å²) in [5.41, 5.74) is 6.61. The van der Waals surface area contributed by atoms with Crippen molar-refractivity contribution in [3.63, 3.8) is 0 Å². The minimum atomic E-state index is 1.00. The average Bonchev–Trinajstić information content (AvgIpc) is 3.06. The van der Waals surface area contributed by atoms with Gasteiger partial charge in [-0.1, -0.05) is 66.4 Å². The Morgan fingerprint density at radius 2 is 1.22 bits per heavy atom. The second-order valence-electron chi connectivity index (χ2n) is 7.05. The number of fused-ring (bicyclic) bond motifs is 5. The van der Waals surface area contributed by atoms with E-state index in [0.29, 0.717) is 0 Å². The quantitative estimate of drug-likeness (QED) is 0.310. The molecule has 0 bridgehead atoms. The predicted molar refractivity (Wildman–Crippen MR) is 114 cm³/mol. The largest absolute Gasteiger partial charge is 0.309 e. The van der Waals surface area contributed by atoms with Crippen LogP contribution in [0.25, 0.3) is 27.5 Å². The smallest absolute Gasteiger partial charge is 0.0541 e. The molecule has 5 aromatic rings. The van der Waals surface area contributed by atoms with Crippen LogP contribution in [0.3, 0.4) is 0 Å². The molecule has 1 aliphatic heterocycles. The molecule has 1 nitrogen and oxygen atoms in total. The van der Waals surface area contributed by atoms with Crippen LogP contribution in [0.5, 0.6) is 0 Å². The fraction of sp³-hybridized carbons (Fsp3) is 0.0400. The highest BCUT2D eigenvalue weighted by atomic mass is 32.2. The van der Waals surface area contributed by atoms with Crippen LogP contribution >= 0.6 is 11.8 Å². The van der Waals surface area contributed by atoms with Crippen molar-refractivity contribution in [1.29, 1.82) is 0 Å². The summed E-state index contributed by atoms with van der Waals surface area (Å²) in [4.78, 5) is 2.76. The molecule has 0 spiro atoms. The molecule has 0 unspecified atom stereocenters. The maximum Gasteiger partial charge on any atom is 0.0541 e. The molecule has 2 heteroatoms. The predicted octanol–water partition coefficient (Wildman–Crippen LogP) is 6.84. The Morgan fingerprint density at radius 3 is 2.00 bits per heavy atom. The number of para-hydroxylation sites is 2. The van der Waals surface area contributed by atoms with Crippen molar-refractivity contribution in [2.45, 2.75) is 16.2 Å². The topological polar surface area (TPSA) is 4.93 Å². The molecule has 1 aliphatic rings. The number of hydrogen-bond donors (Lipinski definition) is 0. The average molecular weight is 363 g/mol. The van der Waals surface area contributed by atoms with Gasteiger partial charge in [0.2, 0.25) is 0 Å². The van der Waals surface area contributed by atoms with Crippen molar-refractivity contribution in [2.75, 3.05) is 0 Å². The van der Waals surface area contributed by atoms with Crippen molar-refractivity contribution in [3.8, 4) is 5.69 Å². The lowest BCUT2D eigenvalue weighted by Crippen LogP contribution is -2.02. The number of aromatic nitrogens is 1. The Kier molecular flexibility index (Phi) is 3.23. The van der Waals surface area contributed by atoms with Gasteiger partial charge in [-0.15, -0.1) is 0 Å². The normalized spacial score (nSPS) is 12.9. The fourth-order valence-electron chi connectivity index (χ4n) is 4.22. The van der Waals surface area contributed by atoms with Gasteiger partial charge in [0.05, 0.1) is 11.0 Å². The second-order valence-corrected chi connectivity index (χ2v) is 8.13. The van der Waals surface area contributed by atoms with Crippen molar-refractivity contribution < 1.29 is 0 Å². The van der Waals surface area contributed by atoms with E-state index in [1.807, 2.05) is 11.8 Å². The standard InChI is InChI=1S/C25H17NS/c1-6-12-24-17(7-1)15-18-16-19(13-14-25(18)27-24)26-22-10-4-2-8-20(22)21-9-3-5-11-23(21)26/h1-14,16H,15H2. The van der Waals surface area contributed by atoms with Gasteiger partial charge in [-0.3, -0.25) is 0 Å². The summed E-state index contributed by atoms with van der Waals surface area (Å²) in [6, 6.07) is 33.1. The molecule has 6 rings (SSSR count). The first-order valence-electron chi connectivity index (χ1n) is 9.26. The van der Waals surface area contributed by atoms with Crippen molar-refractivity contribution >= 4 is 33.6 Å². The van der Waals surface area contributed by atoms with E-state index in [1.165, 1.54) is 48.4 Å². The van der Waals surface area contributed by atoms with Gasteiger partial charge in [0.15, 0.2) is 0 Å². The summed E-state index contributed by atoms with van der Waals surface area (Å²) < 4.78 is 2.40. The highest BCUT2D eigenvalue weighted by Crippen LogP contribution is 2.41. The third-order valence-corrected chi connectivity index (χ3v) is 6.69. The van der Waals surface area contributed by atoms with Crippen LogP contribution in [0.2, 0.25) is 0 Å². The van der Waals surface area contributed by atoms with Crippen LogP contribution in [-0.2, 0) is 6.42 Å². The van der Waals surface area contributed by atoms with Crippen LogP contribution in [0.4, 0.5) is 0 Å². The molecule has 0 atom stereocenters. The Morgan fingerprint density at radius 1 is 0.593 bits per heavy atom. The summed E-state index contributed by atoms with van der Waals surface area (Å²) in [6.07, 6.45) is 1.00. The number of rotatable bonds is 1. The van der Waals surface area contributed by atoms with E-state index in [1.54, 1.807) is 0 Å². The van der Waals surface area contributed by atoms with Gasteiger partial charge >= 0.3 is 0 Å². The monoisotopic (exact) mass is 363 g/mol. The number of benzene rings is 4. The molecular formula is C25H17NS. The zero-order valence-electron chi connectivity index (χ0n) is 14.7. The van der Waals surface area contributed by atoms with E-state index >= 15 is 0 Å². The highest BCUT2D eigenvalue weighted by Gasteiger charge is 2.18. The molecule has 0 saturated carbocycles. The molecule has 0 amide bonds. The van der Waals surface area contributed by atoms with Crippen molar-refractivity contribution in [2.24, 2.45) is 0 Å². The molecule has 0 radical (unpaired) electrons. The lowest BCUT2D eigenvalue weighted by molar-refractivity contribution is 1.04. The lowest BCUT2D eigenvalue weighted by Gasteiger charge is -2.20. The summed E-state index contributed by atoms with van der Waals surface area (Å²) in [5, 5.41) is 2.62. The Labute approximate surface area is 162 Å². The van der Waals surface area contributed by atoms with E-state index in [2.05, 4.69) is 95.6 Å². The highest BCUT2D eigenvalue weighted by molar-refractivity contribution is 7.99. The number of hydrogen-bond acceptors (Lipinski definition) is 1. The van der Waals surface area contributed by atoms with E-state index < -0.39 is 0 Å². The van der Waals surface area contributed by atoms with Crippen LogP contribution < -0.4 is 0 Å². The molecule has 128 valence electrons. The first kappa shape index (κ1) is 15.1. The van der Waals surface area contributed by atoms with Crippen LogP contribution in [0.15, 0.2) is 101 Å². The zero-order valence-corrected chi connectivity index (χ0v) is 15.5. The summed E-state index contributed by atoms with van der Waals surface area (Å²) in [6.45, 7) is 0. The van der Waals surface area contributed by atoms with E-state index in [4.69, 9.17) is 0 Å². The second kappa shape index (κ2) is 5.77. The molecular weight excluding hydrogens is 346 g/mol. The maximum atomic E-state index is 2.40. The van der Waals surface area contributed by atoms with Gasteiger partial charge in [0, 0.05) is 26.3 Å². The minimum Gasteiger partial charge on any atom is -0.309 e. The van der Waals surface area contributed by atoms with E-state index in [-0.39, 0.29) is 0 Å². The summed E-state index contributed by atoms with van der Waals surface area (Å²) in [7, 11) is 0. The fourth-order valence-corrected chi connectivity index (χ4v) is 5.27. The van der Waals surface area contributed by atoms with Gasteiger partial charge in [-0.05, 0) is 53.9 Å². The Hall–Kier alpha value is -2.97. The molecule has 0 saturated heterocycles. The summed E-state index contributed by atoms with van der Waals surface area (Å²) >= 11 is 1.89. The molecule has 27 heavy (non-hydrogen) atoms. The molecule has 4 aromatic carbocycles. The Bertz CT molecular complexity index is 1280. The number of nitrogens with zero attached hydrogens (tertiary/aromatic N) is 1.